The molecular formula is C22H24FN3O2S. The van der Waals surface area contributed by atoms with Crippen molar-refractivity contribution in [1.29, 1.82) is 0 Å². The molecule has 29 heavy (non-hydrogen) atoms. The number of anilines is 2. The van der Waals surface area contributed by atoms with Crippen LogP contribution in [0.1, 0.15) is 31.7 Å². The van der Waals surface area contributed by atoms with Crippen molar-refractivity contribution in [1.82, 2.24) is 9.29 Å². The third kappa shape index (κ3) is 3.97. The largest absolute Gasteiger partial charge is 0.340 e. The number of nitrogens with zero attached hydrogens (tertiary/aromatic N) is 2. The first-order valence-electron chi connectivity index (χ1n) is 9.80. The van der Waals surface area contributed by atoms with Gasteiger partial charge in [-0.25, -0.2) is 17.8 Å². The summed E-state index contributed by atoms with van der Waals surface area (Å²) >= 11 is 0. The monoisotopic (exact) mass is 413 g/mol. The first kappa shape index (κ1) is 19.8. The zero-order valence-electron chi connectivity index (χ0n) is 16.5. The van der Waals surface area contributed by atoms with Gasteiger partial charge in [0.1, 0.15) is 11.6 Å². The molecule has 1 aliphatic rings. The van der Waals surface area contributed by atoms with Crippen LogP contribution in [0, 0.1) is 12.7 Å². The highest BCUT2D eigenvalue weighted by Crippen LogP contribution is 2.28. The molecule has 1 N–H and O–H groups in total. The quantitative estimate of drug-likeness (QED) is 0.655. The zero-order valence-corrected chi connectivity index (χ0v) is 17.3. The molecule has 1 saturated heterocycles. The average Bonchev–Trinajstić information content (AvgIpc) is 2.70. The third-order valence-electron chi connectivity index (χ3n) is 5.45. The molecule has 3 aromatic rings. The Morgan fingerprint density at radius 1 is 1.10 bits per heavy atom. The molecule has 2 heterocycles. The molecule has 1 unspecified atom stereocenters. The lowest BCUT2D eigenvalue weighted by atomic mass is 10.1. The van der Waals surface area contributed by atoms with Crippen LogP contribution < -0.4 is 5.32 Å². The summed E-state index contributed by atoms with van der Waals surface area (Å²) in [6.45, 7) is 4.24. The Labute approximate surface area is 170 Å². The van der Waals surface area contributed by atoms with E-state index >= 15 is 0 Å². The molecule has 0 spiro atoms. The summed E-state index contributed by atoms with van der Waals surface area (Å²) in [5.74, 6) is 0.290. The van der Waals surface area contributed by atoms with Crippen LogP contribution >= 0.6 is 0 Å². The smallest absolute Gasteiger partial charge is 0.243 e. The number of benzene rings is 2. The Bertz CT molecular complexity index is 1160. The van der Waals surface area contributed by atoms with Crippen LogP contribution in [0.2, 0.25) is 0 Å². The molecule has 152 valence electrons. The number of sulfonamides is 1. The summed E-state index contributed by atoms with van der Waals surface area (Å²) in [5.41, 5.74) is 1.87. The molecule has 1 aromatic heterocycles. The van der Waals surface area contributed by atoms with Crippen LogP contribution in [-0.4, -0.2) is 30.3 Å². The van der Waals surface area contributed by atoms with Crippen molar-refractivity contribution in [2.45, 2.75) is 44.0 Å². The molecular weight excluding hydrogens is 389 g/mol. The minimum atomic E-state index is -3.52. The molecule has 7 heteroatoms. The van der Waals surface area contributed by atoms with Gasteiger partial charge in [0, 0.05) is 23.7 Å². The lowest BCUT2D eigenvalue weighted by molar-refractivity contribution is 0.268. The summed E-state index contributed by atoms with van der Waals surface area (Å²) in [6, 6.07) is 13.5. The molecule has 0 bridgehead atoms. The van der Waals surface area contributed by atoms with Crippen LogP contribution in [0.5, 0.6) is 0 Å². The van der Waals surface area contributed by atoms with Gasteiger partial charge in [-0.1, -0.05) is 12.5 Å². The van der Waals surface area contributed by atoms with Crippen LogP contribution in [0.3, 0.4) is 0 Å². The second kappa shape index (κ2) is 7.72. The second-order valence-corrected chi connectivity index (χ2v) is 9.49. The number of hydrogen-bond donors (Lipinski definition) is 1. The fraction of sp³-hybridized carbons (Fsp3) is 0.318. The number of aromatic nitrogens is 1. The van der Waals surface area contributed by atoms with Gasteiger partial charge in [0.05, 0.1) is 10.4 Å². The lowest BCUT2D eigenvalue weighted by Gasteiger charge is -2.32. The highest BCUT2D eigenvalue weighted by Gasteiger charge is 2.31. The van der Waals surface area contributed by atoms with E-state index in [0.29, 0.717) is 34.0 Å². The third-order valence-corrected chi connectivity index (χ3v) is 7.46. The number of rotatable bonds is 4. The highest BCUT2D eigenvalue weighted by molar-refractivity contribution is 7.89. The number of aryl methyl sites for hydroxylation is 1. The van der Waals surface area contributed by atoms with Crippen molar-refractivity contribution in [2.75, 3.05) is 11.9 Å². The SMILES string of the molecule is Cc1ccc(Nc2ccc3cc(S(=O)(=O)N4CCCCC4C)ccc3n2)cc1F. The maximum atomic E-state index is 13.8. The summed E-state index contributed by atoms with van der Waals surface area (Å²) in [4.78, 5) is 4.82. The molecule has 5 nitrogen and oxygen atoms in total. The normalized spacial score (nSPS) is 18.1. The number of piperidine rings is 1. The number of nitrogens with one attached hydrogen (secondary N) is 1. The van der Waals surface area contributed by atoms with Crippen LogP contribution in [0.15, 0.2) is 53.4 Å². The summed E-state index contributed by atoms with van der Waals surface area (Å²) in [7, 11) is -3.52. The van der Waals surface area contributed by atoms with Gasteiger partial charge in [0.25, 0.3) is 0 Å². The molecule has 0 saturated carbocycles. The van der Waals surface area contributed by atoms with Crippen LogP contribution in [0.25, 0.3) is 10.9 Å². The van der Waals surface area contributed by atoms with Gasteiger partial charge in [-0.3, -0.25) is 0 Å². The van der Waals surface area contributed by atoms with Gasteiger partial charge < -0.3 is 5.32 Å². The van der Waals surface area contributed by atoms with Gasteiger partial charge in [0.15, 0.2) is 0 Å². The zero-order chi connectivity index (χ0) is 20.6. The maximum Gasteiger partial charge on any atom is 0.243 e. The molecule has 2 aromatic carbocycles. The molecule has 1 aliphatic heterocycles. The highest BCUT2D eigenvalue weighted by atomic mass is 32.2. The Morgan fingerprint density at radius 2 is 1.93 bits per heavy atom. The van der Waals surface area contributed by atoms with Crippen molar-refractivity contribution >= 4 is 32.4 Å². The van der Waals surface area contributed by atoms with Crippen molar-refractivity contribution in [3.05, 3.63) is 59.9 Å². The predicted octanol–water partition coefficient (Wildman–Crippen LogP) is 4.99. The van der Waals surface area contributed by atoms with E-state index in [4.69, 9.17) is 0 Å². The number of hydrogen-bond acceptors (Lipinski definition) is 4. The van der Waals surface area contributed by atoms with Gasteiger partial charge in [0.2, 0.25) is 10.0 Å². The van der Waals surface area contributed by atoms with E-state index in [1.165, 1.54) is 6.07 Å². The maximum absolute atomic E-state index is 13.8. The van der Waals surface area contributed by atoms with E-state index < -0.39 is 10.0 Å². The molecule has 0 radical (unpaired) electrons. The minimum Gasteiger partial charge on any atom is -0.340 e. The molecule has 0 aliphatic carbocycles. The fourth-order valence-electron chi connectivity index (χ4n) is 3.72. The van der Waals surface area contributed by atoms with E-state index in [2.05, 4.69) is 10.3 Å². The number of halogens is 1. The fourth-order valence-corrected chi connectivity index (χ4v) is 5.45. The first-order valence-corrected chi connectivity index (χ1v) is 11.2. The standard InChI is InChI=1S/C22H24FN3O2S/c1-15-6-8-18(14-20(15)23)24-22-11-7-17-13-19(9-10-21(17)25-22)29(27,28)26-12-4-3-5-16(26)2/h6-11,13-14,16H,3-5,12H2,1-2H3,(H,24,25). The lowest BCUT2D eigenvalue weighted by Crippen LogP contribution is -2.41. The Kier molecular flexibility index (Phi) is 5.27. The second-order valence-electron chi connectivity index (χ2n) is 7.60. The van der Waals surface area contributed by atoms with Gasteiger partial charge in [-0.15, -0.1) is 0 Å². The first-order chi connectivity index (χ1) is 13.8. The topological polar surface area (TPSA) is 62.3 Å². The summed E-state index contributed by atoms with van der Waals surface area (Å²) in [5, 5.41) is 3.84. The average molecular weight is 414 g/mol. The number of fused-ring (bicyclic) bond motifs is 1. The van der Waals surface area contributed by atoms with E-state index in [1.54, 1.807) is 47.6 Å². The molecule has 1 fully saturated rings. The molecule has 4 rings (SSSR count). The Balaban J connectivity index is 1.62. The van der Waals surface area contributed by atoms with Gasteiger partial charge >= 0.3 is 0 Å². The summed E-state index contributed by atoms with van der Waals surface area (Å²) in [6.07, 6.45) is 2.85. The predicted molar refractivity (Wildman–Crippen MR) is 113 cm³/mol. The Hall–Kier alpha value is -2.51. The van der Waals surface area contributed by atoms with Crippen molar-refractivity contribution in [2.24, 2.45) is 0 Å². The number of pyridine rings is 1. The van der Waals surface area contributed by atoms with E-state index in [-0.39, 0.29) is 11.9 Å². The van der Waals surface area contributed by atoms with Crippen molar-refractivity contribution in [3.63, 3.8) is 0 Å². The van der Waals surface area contributed by atoms with Crippen molar-refractivity contribution < 1.29 is 12.8 Å². The minimum absolute atomic E-state index is 0.0176. The summed E-state index contributed by atoms with van der Waals surface area (Å²) < 4.78 is 41.5. The molecule has 0 amide bonds. The van der Waals surface area contributed by atoms with E-state index in [9.17, 15) is 12.8 Å². The van der Waals surface area contributed by atoms with Crippen molar-refractivity contribution in [3.8, 4) is 0 Å². The van der Waals surface area contributed by atoms with E-state index in [1.807, 2.05) is 13.0 Å². The van der Waals surface area contributed by atoms with E-state index in [0.717, 1.165) is 24.6 Å². The van der Waals surface area contributed by atoms with Crippen LogP contribution in [0.4, 0.5) is 15.9 Å². The Morgan fingerprint density at radius 3 is 2.69 bits per heavy atom. The van der Waals surface area contributed by atoms with Gasteiger partial charge in [-0.05, 0) is 74.7 Å². The molecule has 1 atom stereocenters. The van der Waals surface area contributed by atoms with Crippen LogP contribution in [-0.2, 0) is 10.0 Å². The van der Waals surface area contributed by atoms with Gasteiger partial charge in [-0.2, -0.15) is 4.31 Å².